The van der Waals surface area contributed by atoms with E-state index in [0.29, 0.717) is 5.13 Å². The molecule has 2 amide bonds. The van der Waals surface area contributed by atoms with E-state index in [1.54, 1.807) is 18.1 Å². The second-order valence-electron chi connectivity index (χ2n) is 4.95. The molecule has 0 aliphatic carbocycles. The number of hydrogen-bond donors (Lipinski definition) is 1. The number of amides is 2. The number of carbonyl (C=O) groups is 1. The molecule has 1 aromatic carbocycles. The Labute approximate surface area is 135 Å². The molecule has 0 spiro atoms. The number of hydrogen-bond acceptors (Lipinski definition) is 3. The highest BCUT2D eigenvalue weighted by atomic mass is 32.1. The third-order valence-corrected chi connectivity index (χ3v) is 3.92. The first-order valence-corrected chi connectivity index (χ1v) is 7.97. The predicted octanol–water partition coefficient (Wildman–Crippen LogP) is 3.73. The van der Waals surface area contributed by atoms with Crippen LogP contribution in [0.2, 0.25) is 0 Å². The van der Waals surface area contributed by atoms with E-state index in [-0.39, 0.29) is 6.03 Å². The van der Waals surface area contributed by atoms with Crippen LogP contribution in [0.15, 0.2) is 30.5 Å². The van der Waals surface area contributed by atoms with Gasteiger partial charge in [-0.15, -0.1) is 0 Å². The molecular weight excluding hydrogens is 294 g/mol. The van der Waals surface area contributed by atoms with Crippen LogP contribution in [-0.4, -0.2) is 29.5 Å². The quantitative estimate of drug-likeness (QED) is 0.878. The Morgan fingerprint density at radius 2 is 2.14 bits per heavy atom. The fourth-order valence-corrected chi connectivity index (χ4v) is 2.52. The van der Waals surface area contributed by atoms with Crippen molar-refractivity contribution < 1.29 is 4.79 Å². The molecule has 0 atom stereocenters. The van der Waals surface area contributed by atoms with Gasteiger partial charge in [0.1, 0.15) is 0 Å². The average molecular weight is 313 g/mol. The number of carbonyl (C=O) groups excluding carboxylic acids is 1. The normalized spacial score (nSPS) is 9.77. The maximum Gasteiger partial charge on any atom is 0.323 e. The van der Waals surface area contributed by atoms with Crippen LogP contribution in [0.3, 0.4) is 0 Å². The third-order valence-electron chi connectivity index (χ3n) is 3.09. The highest BCUT2D eigenvalue weighted by molar-refractivity contribution is 7.16. The lowest BCUT2D eigenvalue weighted by Crippen LogP contribution is -2.31. The first kappa shape index (κ1) is 16.1. The van der Waals surface area contributed by atoms with Crippen molar-refractivity contribution in [2.75, 3.05) is 18.9 Å². The number of thiazole rings is 1. The summed E-state index contributed by atoms with van der Waals surface area (Å²) in [6.45, 7) is 4.79. The zero-order valence-electron chi connectivity index (χ0n) is 13.0. The number of nitrogens with zero attached hydrogens (tertiary/aromatic N) is 2. The molecule has 2 aromatic rings. The van der Waals surface area contributed by atoms with Gasteiger partial charge in [-0.2, -0.15) is 0 Å². The summed E-state index contributed by atoms with van der Waals surface area (Å²) in [6.07, 6.45) is 2.61. The number of nitrogens with one attached hydrogen (secondary N) is 1. The summed E-state index contributed by atoms with van der Waals surface area (Å²) >= 11 is 1.38. The van der Waals surface area contributed by atoms with Gasteiger partial charge in [-0.3, -0.25) is 5.32 Å². The second kappa shape index (κ2) is 7.62. The molecule has 1 N–H and O–H groups in total. The van der Waals surface area contributed by atoms with Crippen molar-refractivity contribution in [3.05, 3.63) is 46.5 Å². The summed E-state index contributed by atoms with van der Waals surface area (Å²) in [5.74, 6) is 6.23. The minimum absolute atomic E-state index is 0.144. The first-order chi connectivity index (χ1) is 10.6. The summed E-state index contributed by atoms with van der Waals surface area (Å²) in [6, 6.07) is 7.85. The molecule has 0 aliphatic heterocycles. The molecule has 2 rings (SSSR count). The molecule has 22 heavy (non-hydrogen) atoms. The number of anilines is 1. The smallest absolute Gasteiger partial charge is 0.323 e. The fourth-order valence-electron chi connectivity index (χ4n) is 1.86. The topological polar surface area (TPSA) is 45.2 Å². The first-order valence-electron chi connectivity index (χ1n) is 7.15. The fraction of sp³-hybridized carbons (Fsp3) is 0.294. The molecule has 5 heteroatoms. The minimum atomic E-state index is -0.144. The van der Waals surface area contributed by atoms with Gasteiger partial charge in [0.25, 0.3) is 0 Å². The van der Waals surface area contributed by atoms with E-state index in [1.165, 1.54) is 11.3 Å². The Hall–Kier alpha value is -2.32. The Kier molecular flexibility index (Phi) is 5.56. The average Bonchev–Trinajstić information content (AvgIpc) is 2.94. The van der Waals surface area contributed by atoms with E-state index in [9.17, 15) is 4.79 Å². The van der Waals surface area contributed by atoms with Gasteiger partial charge in [0.15, 0.2) is 5.13 Å². The van der Waals surface area contributed by atoms with Gasteiger partial charge in [-0.1, -0.05) is 42.4 Å². The second-order valence-corrected chi connectivity index (χ2v) is 5.98. The van der Waals surface area contributed by atoms with Crippen molar-refractivity contribution in [1.29, 1.82) is 0 Å². The Bertz CT molecular complexity index is 712. The highest BCUT2D eigenvalue weighted by Gasteiger charge is 2.09. The van der Waals surface area contributed by atoms with Gasteiger partial charge in [-0.05, 0) is 30.9 Å². The highest BCUT2D eigenvalue weighted by Crippen LogP contribution is 2.17. The summed E-state index contributed by atoms with van der Waals surface area (Å²) in [7, 11) is 1.77. The molecule has 1 heterocycles. The zero-order chi connectivity index (χ0) is 15.9. The van der Waals surface area contributed by atoms with Crippen LogP contribution in [0, 0.1) is 18.8 Å². The Morgan fingerprint density at radius 3 is 2.86 bits per heavy atom. The molecule has 0 saturated carbocycles. The molecular formula is C17H19N3OS. The molecule has 114 valence electrons. The van der Waals surface area contributed by atoms with Gasteiger partial charge in [0.05, 0.1) is 11.1 Å². The van der Waals surface area contributed by atoms with E-state index in [0.717, 1.165) is 29.0 Å². The number of rotatable bonds is 3. The molecule has 0 saturated heterocycles. The van der Waals surface area contributed by atoms with E-state index in [4.69, 9.17) is 0 Å². The van der Waals surface area contributed by atoms with Crippen molar-refractivity contribution in [1.82, 2.24) is 9.88 Å². The molecule has 0 aliphatic rings. The molecule has 0 fully saturated rings. The van der Waals surface area contributed by atoms with Gasteiger partial charge >= 0.3 is 6.03 Å². The predicted molar refractivity (Wildman–Crippen MR) is 91.2 cm³/mol. The van der Waals surface area contributed by atoms with Crippen molar-refractivity contribution in [3.63, 3.8) is 0 Å². The molecule has 0 bridgehead atoms. The van der Waals surface area contributed by atoms with Gasteiger partial charge in [0, 0.05) is 19.2 Å². The summed E-state index contributed by atoms with van der Waals surface area (Å²) in [5, 5.41) is 3.35. The zero-order valence-corrected chi connectivity index (χ0v) is 13.8. The maximum absolute atomic E-state index is 11.9. The van der Waals surface area contributed by atoms with Crippen LogP contribution in [0.5, 0.6) is 0 Å². The Morgan fingerprint density at radius 1 is 1.36 bits per heavy atom. The van der Waals surface area contributed by atoms with Crippen LogP contribution in [-0.2, 0) is 0 Å². The van der Waals surface area contributed by atoms with E-state index in [1.807, 2.05) is 38.1 Å². The van der Waals surface area contributed by atoms with Crippen molar-refractivity contribution in [2.24, 2.45) is 0 Å². The molecule has 0 unspecified atom stereocenters. The number of aryl methyl sites for hydroxylation is 1. The molecule has 1 aromatic heterocycles. The number of aromatic nitrogens is 1. The van der Waals surface area contributed by atoms with Crippen molar-refractivity contribution in [2.45, 2.75) is 20.3 Å². The van der Waals surface area contributed by atoms with Crippen LogP contribution in [0.1, 0.15) is 29.3 Å². The van der Waals surface area contributed by atoms with Crippen molar-refractivity contribution in [3.8, 4) is 11.8 Å². The van der Waals surface area contributed by atoms with Crippen LogP contribution in [0.25, 0.3) is 0 Å². The minimum Gasteiger partial charge on any atom is -0.328 e. The lowest BCUT2D eigenvalue weighted by Gasteiger charge is -2.15. The van der Waals surface area contributed by atoms with Crippen LogP contribution in [0.4, 0.5) is 9.93 Å². The summed E-state index contributed by atoms with van der Waals surface area (Å²) < 4.78 is 0. The molecule has 4 nitrogen and oxygen atoms in total. The SMILES string of the molecule is CCCN(C)C(=O)Nc1ncc(C#Cc2ccccc2C)s1. The van der Waals surface area contributed by atoms with Gasteiger partial charge in [0.2, 0.25) is 0 Å². The molecule has 0 radical (unpaired) electrons. The van der Waals surface area contributed by atoms with Gasteiger partial charge in [-0.25, -0.2) is 9.78 Å². The van der Waals surface area contributed by atoms with Crippen molar-refractivity contribution >= 4 is 22.5 Å². The van der Waals surface area contributed by atoms with E-state index >= 15 is 0 Å². The number of benzene rings is 1. The third kappa shape index (κ3) is 4.34. The standard InChI is InChI=1S/C17H19N3OS/c1-4-11-20(3)17(21)19-16-18-12-15(22-16)10-9-14-8-6-5-7-13(14)2/h5-8,12H,4,11H2,1-3H3,(H,18,19,21). The summed E-state index contributed by atoms with van der Waals surface area (Å²) in [5.41, 5.74) is 2.15. The van der Waals surface area contributed by atoms with E-state index < -0.39 is 0 Å². The van der Waals surface area contributed by atoms with E-state index in [2.05, 4.69) is 22.1 Å². The summed E-state index contributed by atoms with van der Waals surface area (Å²) in [4.78, 5) is 18.5. The lowest BCUT2D eigenvalue weighted by atomic mass is 10.1. The van der Waals surface area contributed by atoms with Crippen LogP contribution >= 0.6 is 11.3 Å². The lowest BCUT2D eigenvalue weighted by molar-refractivity contribution is 0.222. The Balaban J connectivity index is 2.04. The largest absolute Gasteiger partial charge is 0.328 e. The van der Waals surface area contributed by atoms with Gasteiger partial charge < -0.3 is 4.90 Å². The monoisotopic (exact) mass is 313 g/mol. The maximum atomic E-state index is 11.9. The van der Waals surface area contributed by atoms with Crippen LogP contribution < -0.4 is 5.32 Å². The number of urea groups is 1.